The average molecular weight is 456 g/mol. The summed E-state index contributed by atoms with van der Waals surface area (Å²) in [5.74, 6) is -2.09. The molecule has 1 saturated heterocycles. The lowest BCUT2D eigenvalue weighted by atomic mass is 9.95. The third-order valence-corrected chi connectivity index (χ3v) is 5.78. The lowest BCUT2D eigenvalue weighted by Crippen LogP contribution is -2.60. The quantitative estimate of drug-likeness (QED) is 0.416. The zero-order chi connectivity index (χ0) is 24.0. The topological polar surface area (TPSA) is 147 Å². The number of aryl methyl sites for hydroxylation is 1. The van der Waals surface area contributed by atoms with Crippen molar-refractivity contribution in [2.45, 2.75) is 37.4 Å². The largest absolute Gasteiger partial charge is 0.387 e. The first kappa shape index (κ1) is 24.0. The van der Waals surface area contributed by atoms with Gasteiger partial charge in [0, 0.05) is 32.3 Å². The molecule has 10 heteroatoms. The molecule has 0 aliphatic carbocycles. The van der Waals surface area contributed by atoms with Crippen LogP contribution in [0.5, 0.6) is 0 Å². The SMILES string of the molecule is Cn1cccc1C(=O)N1CC[C@H](NC(=O)CO)C[C@H]1C(=O)N[C@H](Cc1ccccc1)C(N)=O. The second-order valence-corrected chi connectivity index (χ2v) is 8.12. The number of benzene rings is 1. The second kappa shape index (κ2) is 10.8. The summed E-state index contributed by atoms with van der Waals surface area (Å²) in [6.45, 7) is -0.446. The highest BCUT2D eigenvalue weighted by Crippen LogP contribution is 2.21. The number of nitrogens with zero attached hydrogens (tertiary/aromatic N) is 2. The molecule has 4 amide bonds. The normalized spacial score (nSPS) is 18.9. The zero-order valence-corrected chi connectivity index (χ0v) is 18.4. The van der Waals surface area contributed by atoms with Crippen LogP contribution in [0, 0.1) is 0 Å². The summed E-state index contributed by atoms with van der Waals surface area (Å²) in [4.78, 5) is 51.7. The van der Waals surface area contributed by atoms with Crippen molar-refractivity contribution in [3.63, 3.8) is 0 Å². The van der Waals surface area contributed by atoms with E-state index in [0.29, 0.717) is 12.1 Å². The molecule has 1 aromatic carbocycles. The Morgan fingerprint density at radius 2 is 1.88 bits per heavy atom. The Labute approximate surface area is 191 Å². The van der Waals surface area contributed by atoms with Crippen molar-refractivity contribution in [3.8, 4) is 0 Å². The van der Waals surface area contributed by atoms with Gasteiger partial charge < -0.3 is 30.9 Å². The van der Waals surface area contributed by atoms with Crippen LogP contribution in [0.2, 0.25) is 0 Å². The van der Waals surface area contributed by atoms with E-state index in [1.54, 1.807) is 29.9 Å². The van der Waals surface area contributed by atoms with Crippen LogP contribution in [0.3, 0.4) is 0 Å². The van der Waals surface area contributed by atoms with Crippen molar-refractivity contribution < 1.29 is 24.3 Å². The Morgan fingerprint density at radius 1 is 1.15 bits per heavy atom. The zero-order valence-electron chi connectivity index (χ0n) is 18.4. The molecule has 1 aliphatic heterocycles. The Morgan fingerprint density at radius 3 is 2.48 bits per heavy atom. The van der Waals surface area contributed by atoms with Crippen LogP contribution < -0.4 is 16.4 Å². The van der Waals surface area contributed by atoms with E-state index in [4.69, 9.17) is 10.8 Å². The highest BCUT2D eigenvalue weighted by molar-refractivity contribution is 5.97. The predicted molar refractivity (Wildman–Crippen MR) is 120 cm³/mol. The van der Waals surface area contributed by atoms with Crippen LogP contribution in [0.25, 0.3) is 0 Å². The van der Waals surface area contributed by atoms with Crippen molar-refractivity contribution in [1.29, 1.82) is 0 Å². The monoisotopic (exact) mass is 455 g/mol. The number of primary amides is 1. The third-order valence-electron chi connectivity index (χ3n) is 5.78. The van der Waals surface area contributed by atoms with Gasteiger partial charge in [0.05, 0.1) is 0 Å². The maximum atomic E-state index is 13.3. The Hall–Kier alpha value is -3.66. The van der Waals surface area contributed by atoms with E-state index in [9.17, 15) is 19.2 Å². The second-order valence-electron chi connectivity index (χ2n) is 8.12. The van der Waals surface area contributed by atoms with Crippen molar-refractivity contribution in [2.24, 2.45) is 12.8 Å². The van der Waals surface area contributed by atoms with Crippen molar-refractivity contribution >= 4 is 23.6 Å². The minimum Gasteiger partial charge on any atom is -0.387 e. The van der Waals surface area contributed by atoms with Gasteiger partial charge in [-0.3, -0.25) is 19.2 Å². The van der Waals surface area contributed by atoms with E-state index < -0.39 is 42.5 Å². The van der Waals surface area contributed by atoms with Crippen LogP contribution in [0.1, 0.15) is 28.9 Å². The summed E-state index contributed by atoms with van der Waals surface area (Å²) in [5, 5.41) is 14.4. The number of carbonyl (C=O) groups excluding carboxylic acids is 4. The van der Waals surface area contributed by atoms with Gasteiger partial charge in [0.25, 0.3) is 5.91 Å². The molecule has 0 spiro atoms. The van der Waals surface area contributed by atoms with Gasteiger partial charge in [-0.25, -0.2) is 0 Å². The molecule has 0 bridgehead atoms. The molecule has 0 saturated carbocycles. The molecular formula is C23H29N5O5. The van der Waals surface area contributed by atoms with Gasteiger partial charge in [0.1, 0.15) is 24.4 Å². The maximum Gasteiger partial charge on any atom is 0.271 e. The molecule has 176 valence electrons. The van der Waals surface area contributed by atoms with Crippen LogP contribution in [0.15, 0.2) is 48.7 Å². The fourth-order valence-corrected chi connectivity index (χ4v) is 4.03. The smallest absolute Gasteiger partial charge is 0.271 e. The number of likely N-dealkylation sites (tertiary alicyclic amines) is 1. The summed E-state index contributed by atoms with van der Waals surface area (Å²) in [5.41, 5.74) is 6.79. The van der Waals surface area contributed by atoms with Gasteiger partial charge in [-0.05, 0) is 30.5 Å². The average Bonchev–Trinajstić information content (AvgIpc) is 3.24. The molecule has 3 atom stereocenters. The number of nitrogens with one attached hydrogen (secondary N) is 2. The molecule has 2 aromatic rings. The van der Waals surface area contributed by atoms with Crippen LogP contribution in [0.4, 0.5) is 0 Å². The summed E-state index contributed by atoms with van der Waals surface area (Å²) >= 11 is 0. The van der Waals surface area contributed by atoms with Crippen molar-refractivity contribution in [3.05, 3.63) is 59.9 Å². The number of carbonyl (C=O) groups is 4. The number of rotatable bonds is 8. The summed E-state index contributed by atoms with van der Waals surface area (Å²) in [6.07, 6.45) is 2.52. The van der Waals surface area contributed by atoms with Gasteiger partial charge in [-0.1, -0.05) is 30.3 Å². The molecule has 0 radical (unpaired) electrons. The minimum absolute atomic E-state index is 0.143. The number of aromatic nitrogens is 1. The molecule has 33 heavy (non-hydrogen) atoms. The predicted octanol–water partition coefficient (Wildman–Crippen LogP) is -0.680. The first-order valence-electron chi connectivity index (χ1n) is 10.8. The lowest BCUT2D eigenvalue weighted by molar-refractivity contribution is -0.132. The van der Waals surface area contributed by atoms with E-state index in [0.717, 1.165) is 5.56 Å². The van der Waals surface area contributed by atoms with Gasteiger partial charge in [0.15, 0.2) is 0 Å². The molecule has 0 unspecified atom stereocenters. The van der Waals surface area contributed by atoms with Gasteiger partial charge in [0.2, 0.25) is 17.7 Å². The highest BCUT2D eigenvalue weighted by atomic mass is 16.3. The van der Waals surface area contributed by atoms with Gasteiger partial charge >= 0.3 is 0 Å². The minimum atomic E-state index is -0.959. The van der Waals surface area contributed by atoms with Crippen LogP contribution >= 0.6 is 0 Å². The van der Waals surface area contributed by atoms with E-state index in [2.05, 4.69) is 10.6 Å². The van der Waals surface area contributed by atoms with E-state index in [1.165, 1.54) is 4.90 Å². The summed E-state index contributed by atoms with van der Waals surface area (Å²) in [7, 11) is 1.74. The lowest BCUT2D eigenvalue weighted by Gasteiger charge is -2.39. The number of aliphatic hydroxyl groups is 1. The molecule has 5 N–H and O–H groups in total. The molecular weight excluding hydrogens is 426 g/mol. The first-order valence-corrected chi connectivity index (χ1v) is 10.8. The maximum absolute atomic E-state index is 13.3. The molecule has 1 aromatic heterocycles. The molecule has 2 heterocycles. The number of piperidine rings is 1. The van der Waals surface area contributed by atoms with Crippen LogP contribution in [-0.2, 0) is 27.9 Å². The number of aliphatic hydroxyl groups excluding tert-OH is 1. The highest BCUT2D eigenvalue weighted by Gasteiger charge is 2.38. The molecule has 3 rings (SSSR count). The molecule has 1 fully saturated rings. The number of nitrogens with two attached hydrogens (primary N) is 1. The number of hydrogen-bond acceptors (Lipinski definition) is 5. The summed E-state index contributed by atoms with van der Waals surface area (Å²) in [6, 6.07) is 10.3. The number of amides is 4. The van der Waals surface area contributed by atoms with E-state index >= 15 is 0 Å². The Kier molecular flexibility index (Phi) is 7.83. The standard InChI is InChI=1S/C23H29N5O5/c1-27-10-5-8-18(27)23(33)28-11-9-16(25-20(30)14-29)13-19(28)22(32)26-17(21(24)31)12-15-6-3-2-4-7-15/h2-8,10,16-17,19,29H,9,11-14H2,1H3,(H2,24,31)(H,25,30)(H,26,32)/t16-,17+,19-/m0/s1. The van der Waals surface area contributed by atoms with E-state index in [1.807, 2.05) is 30.3 Å². The first-order chi connectivity index (χ1) is 15.8. The van der Waals surface area contributed by atoms with Crippen molar-refractivity contribution in [2.75, 3.05) is 13.2 Å². The third kappa shape index (κ3) is 5.98. The summed E-state index contributed by atoms with van der Waals surface area (Å²) < 4.78 is 1.67. The van der Waals surface area contributed by atoms with Gasteiger partial charge in [-0.15, -0.1) is 0 Å². The molecule has 10 nitrogen and oxygen atoms in total. The van der Waals surface area contributed by atoms with Crippen LogP contribution in [-0.4, -0.2) is 69.5 Å². The Balaban J connectivity index is 1.80. The van der Waals surface area contributed by atoms with Gasteiger partial charge in [-0.2, -0.15) is 0 Å². The fraction of sp³-hybridized carbons (Fsp3) is 0.391. The van der Waals surface area contributed by atoms with Crippen molar-refractivity contribution in [1.82, 2.24) is 20.1 Å². The molecule has 1 aliphatic rings. The fourth-order valence-electron chi connectivity index (χ4n) is 4.03. The van der Waals surface area contributed by atoms with E-state index in [-0.39, 0.29) is 25.3 Å². The Bertz CT molecular complexity index is 1010. The number of hydrogen-bond donors (Lipinski definition) is 4.